The summed E-state index contributed by atoms with van der Waals surface area (Å²) in [6, 6.07) is 1.70. The van der Waals surface area contributed by atoms with Crippen LogP contribution in [0.25, 0.3) is 0 Å². The van der Waals surface area contributed by atoms with Gasteiger partial charge in [0, 0.05) is 5.92 Å². The number of carbonyl (C=O) groups excluding carboxylic acids is 1. The molecule has 0 aliphatic heterocycles. The van der Waals surface area contributed by atoms with Crippen molar-refractivity contribution in [3.8, 4) is 5.88 Å². The highest BCUT2D eigenvalue weighted by molar-refractivity contribution is 5.91. The van der Waals surface area contributed by atoms with Gasteiger partial charge in [-0.2, -0.15) is 5.10 Å². The molecule has 0 N–H and O–H groups in total. The minimum absolute atomic E-state index is 0.214. The number of carbonyl (C=O) groups is 1. The van der Waals surface area contributed by atoms with E-state index in [0.29, 0.717) is 11.5 Å². The quantitative estimate of drug-likeness (QED) is 0.697. The zero-order chi connectivity index (χ0) is 10.8. The Bertz CT molecular complexity index is 388. The zero-order valence-electron chi connectivity index (χ0n) is 8.69. The summed E-state index contributed by atoms with van der Waals surface area (Å²) in [5, 5.41) is 7.86. The number of hydrogen-bond donors (Lipinski definition) is 0. The second-order valence-electron chi connectivity index (χ2n) is 3.46. The molecule has 0 aromatic carbocycles. The monoisotopic (exact) mass is 208 g/mol. The average molecular weight is 208 g/mol. The first-order valence-electron chi connectivity index (χ1n) is 4.76. The molecule has 0 unspecified atom stereocenters. The minimum atomic E-state index is -0.441. The van der Waals surface area contributed by atoms with Gasteiger partial charge in [-0.3, -0.25) is 0 Å². The average Bonchev–Trinajstić information content (AvgIpc) is 3.11. The summed E-state index contributed by atoms with van der Waals surface area (Å²) >= 11 is 0. The van der Waals surface area contributed by atoms with Crippen LogP contribution >= 0.6 is 0 Å². The fourth-order valence-corrected chi connectivity index (χ4v) is 1.38. The van der Waals surface area contributed by atoms with Gasteiger partial charge in [0.2, 0.25) is 5.88 Å². The lowest BCUT2D eigenvalue weighted by molar-refractivity contribution is 0.0595. The lowest BCUT2D eigenvalue weighted by Crippen LogP contribution is -2.08. The van der Waals surface area contributed by atoms with Crippen LogP contribution in [0.3, 0.4) is 0 Å². The molecule has 1 aliphatic rings. The predicted molar refractivity (Wildman–Crippen MR) is 51.9 cm³/mol. The number of methoxy groups -OCH3 is 2. The van der Waals surface area contributed by atoms with E-state index in [4.69, 9.17) is 4.74 Å². The summed E-state index contributed by atoms with van der Waals surface area (Å²) in [5.74, 6) is 0.224. The van der Waals surface area contributed by atoms with E-state index >= 15 is 0 Å². The lowest BCUT2D eigenvalue weighted by Gasteiger charge is -2.05. The van der Waals surface area contributed by atoms with E-state index in [0.717, 1.165) is 18.5 Å². The van der Waals surface area contributed by atoms with Gasteiger partial charge >= 0.3 is 5.97 Å². The maximum absolute atomic E-state index is 11.4. The van der Waals surface area contributed by atoms with Gasteiger partial charge in [-0.1, -0.05) is 0 Å². The Hall–Kier alpha value is -1.65. The van der Waals surface area contributed by atoms with Crippen molar-refractivity contribution in [3.63, 3.8) is 0 Å². The van der Waals surface area contributed by atoms with Crippen LogP contribution in [0.5, 0.6) is 5.88 Å². The highest BCUT2D eigenvalue weighted by atomic mass is 16.5. The molecule has 0 atom stereocenters. The van der Waals surface area contributed by atoms with Crippen molar-refractivity contribution < 1.29 is 14.3 Å². The van der Waals surface area contributed by atoms with Crippen LogP contribution in [0.15, 0.2) is 6.07 Å². The number of aromatic nitrogens is 2. The van der Waals surface area contributed by atoms with Crippen molar-refractivity contribution in [1.82, 2.24) is 10.2 Å². The summed E-state index contributed by atoms with van der Waals surface area (Å²) in [4.78, 5) is 11.4. The van der Waals surface area contributed by atoms with Crippen LogP contribution in [-0.2, 0) is 4.74 Å². The van der Waals surface area contributed by atoms with Gasteiger partial charge in [-0.25, -0.2) is 4.79 Å². The Morgan fingerprint density at radius 2 is 2.13 bits per heavy atom. The molecule has 1 fully saturated rings. The lowest BCUT2D eigenvalue weighted by atomic mass is 10.2. The highest BCUT2D eigenvalue weighted by Gasteiger charge is 2.27. The van der Waals surface area contributed by atoms with Crippen molar-refractivity contribution in [3.05, 3.63) is 17.3 Å². The summed E-state index contributed by atoms with van der Waals surface area (Å²) in [7, 11) is 2.78. The van der Waals surface area contributed by atoms with Crippen LogP contribution in [0.2, 0.25) is 0 Å². The molecular weight excluding hydrogens is 196 g/mol. The van der Waals surface area contributed by atoms with E-state index in [1.165, 1.54) is 14.2 Å². The molecule has 1 aliphatic carbocycles. The normalized spacial score (nSPS) is 14.8. The Morgan fingerprint density at radius 3 is 2.67 bits per heavy atom. The van der Waals surface area contributed by atoms with Gasteiger partial charge in [0.15, 0.2) is 0 Å². The Labute approximate surface area is 87.4 Å². The van der Waals surface area contributed by atoms with Crippen LogP contribution in [0, 0.1) is 0 Å². The SMILES string of the molecule is COC(=O)c1cc(C2CC2)nnc1OC. The van der Waals surface area contributed by atoms with Crippen molar-refractivity contribution in [2.24, 2.45) is 0 Å². The predicted octanol–water partition coefficient (Wildman–Crippen LogP) is 1.15. The summed E-state index contributed by atoms with van der Waals surface area (Å²) in [6.45, 7) is 0. The highest BCUT2D eigenvalue weighted by Crippen LogP contribution is 2.39. The van der Waals surface area contributed by atoms with Gasteiger partial charge < -0.3 is 9.47 Å². The van der Waals surface area contributed by atoms with Gasteiger partial charge in [0.05, 0.1) is 19.9 Å². The molecule has 0 amide bonds. The van der Waals surface area contributed by atoms with Crippen molar-refractivity contribution in [1.29, 1.82) is 0 Å². The van der Waals surface area contributed by atoms with Gasteiger partial charge in [-0.05, 0) is 18.9 Å². The molecule has 1 aromatic rings. The molecule has 5 nitrogen and oxygen atoms in total. The number of ether oxygens (including phenoxy) is 2. The van der Waals surface area contributed by atoms with Crippen LogP contribution in [-0.4, -0.2) is 30.4 Å². The molecule has 0 bridgehead atoms. The van der Waals surface area contributed by atoms with Gasteiger partial charge in [0.25, 0.3) is 0 Å². The summed E-state index contributed by atoms with van der Waals surface area (Å²) < 4.78 is 9.60. The van der Waals surface area contributed by atoms with E-state index < -0.39 is 5.97 Å². The fraction of sp³-hybridized carbons (Fsp3) is 0.500. The first-order valence-corrected chi connectivity index (χ1v) is 4.76. The minimum Gasteiger partial charge on any atom is -0.479 e. The fourth-order valence-electron chi connectivity index (χ4n) is 1.38. The molecule has 1 saturated carbocycles. The smallest absolute Gasteiger partial charge is 0.343 e. The summed E-state index contributed by atoms with van der Waals surface area (Å²) in [6.07, 6.45) is 2.23. The molecule has 0 radical (unpaired) electrons. The summed E-state index contributed by atoms with van der Waals surface area (Å²) in [5.41, 5.74) is 1.19. The number of hydrogen-bond acceptors (Lipinski definition) is 5. The first-order chi connectivity index (χ1) is 7.26. The molecule has 1 heterocycles. The molecule has 1 aromatic heterocycles. The van der Waals surface area contributed by atoms with Crippen molar-refractivity contribution in [2.45, 2.75) is 18.8 Å². The zero-order valence-corrected chi connectivity index (χ0v) is 8.69. The van der Waals surface area contributed by atoms with E-state index in [9.17, 15) is 4.79 Å². The Kier molecular flexibility index (Phi) is 2.53. The topological polar surface area (TPSA) is 61.3 Å². The molecule has 0 saturated heterocycles. The molecule has 5 heteroatoms. The molecule has 2 rings (SSSR count). The van der Waals surface area contributed by atoms with E-state index in [1.54, 1.807) is 6.07 Å². The Morgan fingerprint density at radius 1 is 1.40 bits per heavy atom. The standard InChI is InChI=1S/C10H12N2O3/c1-14-9-7(10(13)15-2)5-8(11-12-9)6-3-4-6/h5-6H,3-4H2,1-2H3. The third-order valence-corrected chi connectivity index (χ3v) is 2.37. The maximum atomic E-state index is 11.4. The maximum Gasteiger partial charge on any atom is 0.343 e. The van der Waals surface area contributed by atoms with Crippen LogP contribution in [0.4, 0.5) is 0 Å². The second-order valence-corrected chi connectivity index (χ2v) is 3.46. The van der Waals surface area contributed by atoms with Gasteiger partial charge in [0.1, 0.15) is 5.56 Å². The number of rotatable bonds is 3. The van der Waals surface area contributed by atoms with Gasteiger partial charge in [-0.15, -0.1) is 5.10 Å². The van der Waals surface area contributed by atoms with Crippen molar-refractivity contribution >= 4 is 5.97 Å². The largest absolute Gasteiger partial charge is 0.479 e. The van der Waals surface area contributed by atoms with E-state index in [-0.39, 0.29) is 5.88 Å². The third kappa shape index (κ3) is 1.91. The molecule has 80 valence electrons. The van der Waals surface area contributed by atoms with Crippen molar-refractivity contribution in [2.75, 3.05) is 14.2 Å². The van der Waals surface area contributed by atoms with Crippen LogP contribution in [0.1, 0.15) is 34.8 Å². The number of esters is 1. The molecule has 15 heavy (non-hydrogen) atoms. The third-order valence-electron chi connectivity index (χ3n) is 2.37. The second kappa shape index (κ2) is 3.84. The van der Waals surface area contributed by atoms with E-state index in [2.05, 4.69) is 14.9 Å². The molecular formula is C10H12N2O3. The first kappa shape index (κ1) is 9.89. The molecule has 0 spiro atoms. The Balaban J connectivity index is 2.37. The van der Waals surface area contributed by atoms with E-state index in [1.807, 2.05) is 0 Å². The van der Waals surface area contributed by atoms with Crippen LogP contribution < -0.4 is 4.74 Å². The number of nitrogens with zero attached hydrogens (tertiary/aromatic N) is 2.